The molecule has 2 aromatic rings. The maximum absolute atomic E-state index is 13.1. The fraction of sp³-hybridized carbons (Fsp3) is 0.100. The van der Waals surface area contributed by atoms with Gasteiger partial charge in [-0.25, -0.2) is 4.79 Å². The lowest BCUT2D eigenvalue weighted by atomic mass is 10.0. The zero-order valence-corrected chi connectivity index (χ0v) is 16.7. The number of carbonyl (C=O) groups excluding carboxylic acids is 2. The summed E-state index contributed by atoms with van der Waals surface area (Å²) >= 11 is 18.1. The van der Waals surface area contributed by atoms with E-state index in [0.29, 0.717) is 32.0 Å². The van der Waals surface area contributed by atoms with Crippen LogP contribution >= 0.6 is 34.8 Å². The molecule has 2 aromatic carbocycles. The van der Waals surface area contributed by atoms with E-state index in [9.17, 15) is 9.59 Å². The van der Waals surface area contributed by atoms with E-state index < -0.39 is 5.97 Å². The Bertz CT molecular complexity index is 1010. The van der Waals surface area contributed by atoms with Crippen molar-refractivity contribution in [3.8, 4) is 0 Å². The number of carbonyl (C=O) groups is 2. The van der Waals surface area contributed by atoms with Gasteiger partial charge in [0.2, 0.25) is 0 Å². The second kappa shape index (κ2) is 7.77. The molecule has 0 N–H and O–H groups in total. The molecule has 4 nitrogen and oxygen atoms in total. The molecule has 0 aromatic heterocycles. The zero-order chi connectivity index (χ0) is 19.7. The summed E-state index contributed by atoms with van der Waals surface area (Å²) in [7, 11) is 1.27. The molecular weight excluding hydrogens is 409 g/mol. The van der Waals surface area contributed by atoms with Crippen LogP contribution in [-0.4, -0.2) is 19.0 Å². The molecule has 0 aliphatic carbocycles. The van der Waals surface area contributed by atoms with Gasteiger partial charge < -0.3 is 4.74 Å². The predicted molar refractivity (Wildman–Crippen MR) is 108 cm³/mol. The summed E-state index contributed by atoms with van der Waals surface area (Å²) in [6.45, 7) is 1.68. The van der Waals surface area contributed by atoms with Crippen LogP contribution in [0.2, 0.25) is 15.1 Å². The molecule has 0 radical (unpaired) electrons. The summed E-state index contributed by atoms with van der Waals surface area (Å²) in [5, 5.41) is 1.23. The average Bonchev–Trinajstić information content (AvgIpc) is 2.87. The third-order valence-corrected chi connectivity index (χ3v) is 5.08. The van der Waals surface area contributed by atoms with Crippen LogP contribution in [0.25, 0.3) is 6.08 Å². The normalized spacial score (nSPS) is 15.7. The van der Waals surface area contributed by atoms with Gasteiger partial charge in [0.1, 0.15) is 0 Å². The first-order chi connectivity index (χ1) is 12.8. The van der Waals surface area contributed by atoms with Crippen LogP contribution in [0, 0.1) is 0 Å². The summed E-state index contributed by atoms with van der Waals surface area (Å²) in [5.41, 5.74) is 2.05. The lowest BCUT2D eigenvalue weighted by Crippen LogP contribution is -2.24. The van der Waals surface area contributed by atoms with Crippen molar-refractivity contribution >= 4 is 58.4 Å². The van der Waals surface area contributed by atoms with Gasteiger partial charge in [0.15, 0.2) is 0 Å². The first-order valence-corrected chi connectivity index (χ1v) is 9.03. The van der Waals surface area contributed by atoms with Crippen molar-refractivity contribution < 1.29 is 14.3 Å². The molecule has 1 heterocycles. The third-order valence-electron chi connectivity index (χ3n) is 4.11. The van der Waals surface area contributed by atoms with Crippen LogP contribution in [-0.2, 0) is 14.3 Å². The lowest BCUT2D eigenvalue weighted by molar-refractivity contribution is -0.136. The van der Waals surface area contributed by atoms with E-state index >= 15 is 0 Å². The Kier molecular flexibility index (Phi) is 5.61. The van der Waals surface area contributed by atoms with Crippen LogP contribution in [0.1, 0.15) is 12.5 Å². The van der Waals surface area contributed by atoms with E-state index in [2.05, 4.69) is 0 Å². The van der Waals surface area contributed by atoms with Crippen LogP contribution in [0.5, 0.6) is 0 Å². The molecule has 3 rings (SSSR count). The predicted octanol–water partition coefficient (Wildman–Crippen LogP) is 5.52. The molecule has 138 valence electrons. The second-order valence-corrected chi connectivity index (χ2v) is 7.05. The monoisotopic (exact) mass is 421 g/mol. The summed E-state index contributed by atoms with van der Waals surface area (Å²) in [6, 6.07) is 11.8. The van der Waals surface area contributed by atoms with E-state index in [1.165, 1.54) is 12.0 Å². The van der Waals surface area contributed by atoms with Crippen LogP contribution in [0.15, 0.2) is 59.3 Å². The molecule has 0 saturated heterocycles. The van der Waals surface area contributed by atoms with Crippen molar-refractivity contribution in [1.82, 2.24) is 0 Å². The highest BCUT2D eigenvalue weighted by Gasteiger charge is 2.37. The fourth-order valence-corrected chi connectivity index (χ4v) is 3.37. The third kappa shape index (κ3) is 3.74. The first-order valence-electron chi connectivity index (χ1n) is 7.90. The van der Waals surface area contributed by atoms with Crippen molar-refractivity contribution in [2.75, 3.05) is 12.0 Å². The molecule has 27 heavy (non-hydrogen) atoms. The number of benzene rings is 2. The van der Waals surface area contributed by atoms with Crippen LogP contribution in [0.4, 0.5) is 5.69 Å². The van der Waals surface area contributed by atoms with E-state index in [4.69, 9.17) is 39.5 Å². The minimum atomic E-state index is -0.600. The molecule has 0 fully saturated rings. The molecule has 0 saturated carbocycles. The number of nitrogens with zero attached hydrogens (tertiary/aromatic N) is 1. The lowest BCUT2D eigenvalue weighted by Gasteiger charge is -2.18. The Balaban J connectivity index is 2.15. The zero-order valence-electron chi connectivity index (χ0n) is 14.4. The number of amides is 1. The molecule has 0 spiro atoms. The molecule has 0 bridgehead atoms. The van der Waals surface area contributed by atoms with Gasteiger partial charge in [0, 0.05) is 10.7 Å². The number of hydrogen-bond donors (Lipinski definition) is 0. The summed E-state index contributed by atoms with van der Waals surface area (Å²) in [4.78, 5) is 26.9. The van der Waals surface area contributed by atoms with Crippen LogP contribution in [0.3, 0.4) is 0 Å². The van der Waals surface area contributed by atoms with Crippen molar-refractivity contribution in [3.63, 3.8) is 0 Å². The maximum atomic E-state index is 13.1. The number of allylic oxidation sites excluding steroid dienone is 1. The topological polar surface area (TPSA) is 46.6 Å². The summed E-state index contributed by atoms with van der Waals surface area (Å²) in [5.74, 6) is -0.960. The van der Waals surface area contributed by atoms with Crippen LogP contribution < -0.4 is 4.90 Å². The van der Waals surface area contributed by atoms with E-state index in [1.54, 1.807) is 55.5 Å². The Morgan fingerprint density at radius 3 is 2.44 bits per heavy atom. The van der Waals surface area contributed by atoms with Gasteiger partial charge in [-0.05, 0) is 48.9 Å². The maximum Gasteiger partial charge on any atom is 0.340 e. The molecule has 0 unspecified atom stereocenters. The van der Waals surface area contributed by atoms with E-state index in [0.717, 1.165) is 0 Å². The number of ether oxygens (including phenoxy) is 1. The van der Waals surface area contributed by atoms with Gasteiger partial charge in [-0.2, -0.15) is 0 Å². The molecule has 1 amide bonds. The van der Waals surface area contributed by atoms with Gasteiger partial charge in [0.05, 0.1) is 34.0 Å². The Morgan fingerprint density at radius 2 is 1.81 bits per heavy atom. The number of methoxy groups -OCH3 is 1. The molecule has 0 atom stereocenters. The van der Waals surface area contributed by atoms with Crippen molar-refractivity contribution in [1.29, 1.82) is 0 Å². The minimum absolute atomic E-state index is 0.188. The first kappa shape index (κ1) is 19.5. The standard InChI is InChI=1S/C20H14Cl3NO3/c1-11-18(20(26)27-2)15(8-12-6-7-16(22)17(23)9-12)19(25)24(11)14-5-3-4-13(21)10-14/h3-10H,1-2H3/b15-8-. The fourth-order valence-electron chi connectivity index (χ4n) is 2.87. The number of rotatable bonds is 3. The highest BCUT2D eigenvalue weighted by Crippen LogP contribution is 2.36. The summed E-state index contributed by atoms with van der Waals surface area (Å²) in [6.07, 6.45) is 1.59. The molecule has 1 aliphatic rings. The van der Waals surface area contributed by atoms with Gasteiger partial charge in [-0.1, -0.05) is 46.9 Å². The highest BCUT2D eigenvalue weighted by atomic mass is 35.5. The molecule has 7 heteroatoms. The van der Waals surface area contributed by atoms with Gasteiger partial charge in [-0.3, -0.25) is 9.69 Å². The number of esters is 1. The van der Waals surface area contributed by atoms with Gasteiger partial charge in [0.25, 0.3) is 5.91 Å². The quantitative estimate of drug-likeness (QED) is 0.483. The smallest absolute Gasteiger partial charge is 0.340 e. The van der Waals surface area contributed by atoms with Crippen molar-refractivity contribution in [2.24, 2.45) is 0 Å². The largest absolute Gasteiger partial charge is 0.465 e. The van der Waals surface area contributed by atoms with E-state index in [1.807, 2.05) is 0 Å². The number of halogens is 3. The average molecular weight is 423 g/mol. The molecule has 1 aliphatic heterocycles. The number of hydrogen-bond acceptors (Lipinski definition) is 3. The molecular formula is C20H14Cl3NO3. The number of anilines is 1. The Labute approximate surface area is 171 Å². The van der Waals surface area contributed by atoms with Crippen molar-refractivity contribution in [3.05, 3.63) is 79.9 Å². The van der Waals surface area contributed by atoms with Gasteiger partial charge >= 0.3 is 5.97 Å². The highest BCUT2D eigenvalue weighted by molar-refractivity contribution is 6.42. The SMILES string of the molecule is COC(=O)C1=C(C)N(c2cccc(Cl)c2)C(=O)/C1=C\c1ccc(Cl)c(Cl)c1. The van der Waals surface area contributed by atoms with Gasteiger partial charge in [-0.15, -0.1) is 0 Å². The van der Waals surface area contributed by atoms with Crippen molar-refractivity contribution in [2.45, 2.75) is 6.92 Å². The minimum Gasteiger partial charge on any atom is -0.465 e. The second-order valence-electron chi connectivity index (χ2n) is 5.80. The van der Waals surface area contributed by atoms with E-state index in [-0.39, 0.29) is 17.1 Å². The Morgan fingerprint density at radius 1 is 1.07 bits per heavy atom. The Hall–Kier alpha value is -2.27. The summed E-state index contributed by atoms with van der Waals surface area (Å²) < 4.78 is 4.88.